The molecule has 0 fully saturated rings. The highest BCUT2D eigenvalue weighted by Gasteiger charge is 2.06. The Morgan fingerprint density at radius 1 is 1.41 bits per heavy atom. The summed E-state index contributed by atoms with van der Waals surface area (Å²) in [6.07, 6.45) is 2.05. The molecule has 1 atom stereocenters. The molecule has 0 aliphatic carbocycles. The second-order valence-electron chi connectivity index (χ2n) is 4.13. The molecular formula is C13H19NO2S. The van der Waals surface area contributed by atoms with E-state index in [0.29, 0.717) is 12.1 Å². The number of amides is 1. The fourth-order valence-electron chi connectivity index (χ4n) is 1.35. The van der Waals surface area contributed by atoms with Crippen molar-refractivity contribution in [3.8, 4) is 0 Å². The number of aliphatic hydroxyl groups is 1. The van der Waals surface area contributed by atoms with Crippen molar-refractivity contribution in [3.05, 3.63) is 35.4 Å². The average molecular weight is 253 g/mol. The molecule has 0 aliphatic rings. The third-order valence-corrected chi connectivity index (χ3v) is 3.07. The minimum absolute atomic E-state index is 0.0824. The molecule has 4 heteroatoms. The van der Waals surface area contributed by atoms with Crippen molar-refractivity contribution >= 4 is 17.7 Å². The lowest BCUT2D eigenvalue weighted by atomic mass is 10.1. The Bertz CT molecular complexity index is 351. The molecule has 1 aromatic carbocycles. The summed E-state index contributed by atoms with van der Waals surface area (Å²) < 4.78 is 0. The minimum Gasteiger partial charge on any atom is -0.396 e. The number of nitrogens with one attached hydrogen (secondary N) is 1. The number of hydrogen-bond donors (Lipinski definition) is 2. The molecule has 0 radical (unpaired) electrons. The smallest absolute Gasteiger partial charge is 0.251 e. The summed E-state index contributed by atoms with van der Waals surface area (Å²) >= 11 is 1.76. The van der Waals surface area contributed by atoms with Crippen molar-refractivity contribution < 1.29 is 9.90 Å². The monoisotopic (exact) mass is 253 g/mol. The molecule has 1 unspecified atom stereocenters. The fourth-order valence-corrected chi connectivity index (χ4v) is 1.88. The molecule has 94 valence electrons. The maximum atomic E-state index is 11.7. The van der Waals surface area contributed by atoms with Crippen molar-refractivity contribution in [3.63, 3.8) is 0 Å². The first-order valence-corrected chi connectivity index (χ1v) is 7.03. The lowest BCUT2D eigenvalue weighted by Gasteiger charge is -2.09. The molecule has 0 spiro atoms. The summed E-state index contributed by atoms with van der Waals surface area (Å²) in [4.78, 5) is 11.7. The summed E-state index contributed by atoms with van der Waals surface area (Å²) in [5.41, 5.74) is 1.89. The molecule has 0 aromatic heterocycles. The van der Waals surface area contributed by atoms with Crippen LogP contribution in [0.1, 0.15) is 22.8 Å². The van der Waals surface area contributed by atoms with Gasteiger partial charge in [-0.05, 0) is 29.9 Å². The topological polar surface area (TPSA) is 49.3 Å². The molecule has 1 rings (SSSR count). The van der Waals surface area contributed by atoms with Gasteiger partial charge in [-0.3, -0.25) is 4.79 Å². The van der Waals surface area contributed by atoms with Crippen molar-refractivity contribution in [1.82, 2.24) is 5.32 Å². The lowest BCUT2D eigenvalue weighted by molar-refractivity contribution is 0.0942. The fraction of sp³-hybridized carbons (Fsp3) is 0.462. The summed E-state index contributed by atoms with van der Waals surface area (Å²) in [5.74, 6) is 0.972. The largest absolute Gasteiger partial charge is 0.396 e. The number of aliphatic hydroxyl groups excluding tert-OH is 1. The Morgan fingerprint density at radius 2 is 2.06 bits per heavy atom. The standard InChI is InChI=1S/C13H19NO2S/c1-10(8-15)7-14-13(16)12-5-3-11(4-6-12)9-17-2/h3-6,10,15H,7-9H2,1-2H3,(H,14,16). The Balaban J connectivity index is 2.51. The minimum atomic E-state index is -0.0824. The zero-order chi connectivity index (χ0) is 12.7. The summed E-state index contributed by atoms with van der Waals surface area (Å²) in [6.45, 7) is 2.48. The van der Waals surface area contributed by atoms with E-state index in [9.17, 15) is 4.79 Å². The molecule has 0 bridgehead atoms. The van der Waals surface area contributed by atoms with Crippen LogP contribution in [-0.4, -0.2) is 30.4 Å². The van der Waals surface area contributed by atoms with Gasteiger partial charge >= 0.3 is 0 Å². The van der Waals surface area contributed by atoms with E-state index in [0.717, 1.165) is 5.75 Å². The van der Waals surface area contributed by atoms with Crippen molar-refractivity contribution in [2.75, 3.05) is 19.4 Å². The first kappa shape index (κ1) is 14.1. The molecule has 3 nitrogen and oxygen atoms in total. The van der Waals surface area contributed by atoms with Gasteiger partial charge in [0.15, 0.2) is 0 Å². The Morgan fingerprint density at radius 3 is 2.59 bits per heavy atom. The molecule has 0 saturated heterocycles. The second-order valence-corrected chi connectivity index (χ2v) is 4.99. The van der Waals surface area contributed by atoms with E-state index in [1.807, 2.05) is 31.2 Å². The predicted molar refractivity (Wildman–Crippen MR) is 72.2 cm³/mol. The molecule has 1 aromatic rings. The number of rotatable bonds is 6. The second kappa shape index (κ2) is 7.35. The highest BCUT2D eigenvalue weighted by atomic mass is 32.2. The number of benzene rings is 1. The third kappa shape index (κ3) is 4.79. The molecule has 0 saturated carbocycles. The molecule has 1 amide bonds. The molecule has 17 heavy (non-hydrogen) atoms. The molecule has 2 N–H and O–H groups in total. The number of carbonyl (C=O) groups excluding carboxylic acids is 1. The molecule has 0 aliphatic heterocycles. The van der Waals surface area contributed by atoms with Gasteiger partial charge in [0.2, 0.25) is 0 Å². The zero-order valence-corrected chi connectivity index (χ0v) is 11.1. The van der Waals surface area contributed by atoms with Crippen LogP contribution in [0.15, 0.2) is 24.3 Å². The van der Waals surface area contributed by atoms with E-state index in [-0.39, 0.29) is 18.4 Å². The van der Waals surface area contributed by atoms with Crippen LogP contribution >= 0.6 is 11.8 Å². The highest BCUT2D eigenvalue weighted by molar-refractivity contribution is 7.97. The van der Waals surface area contributed by atoms with Gasteiger partial charge in [0, 0.05) is 24.5 Å². The summed E-state index contributed by atoms with van der Waals surface area (Å²) in [6, 6.07) is 7.62. The Labute approximate surface area is 107 Å². The maximum absolute atomic E-state index is 11.7. The molecular weight excluding hydrogens is 234 g/mol. The van der Waals surface area contributed by atoms with Gasteiger partial charge < -0.3 is 10.4 Å². The Hall–Kier alpha value is -1.00. The van der Waals surface area contributed by atoms with Gasteiger partial charge in [-0.1, -0.05) is 19.1 Å². The van der Waals surface area contributed by atoms with Crippen LogP contribution in [0.3, 0.4) is 0 Å². The number of hydrogen-bond acceptors (Lipinski definition) is 3. The first-order valence-electron chi connectivity index (χ1n) is 5.64. The van der Waals surface area contributed by atoms with Crippen molar-refractivity contribution in [1.29, 1.82) is 0 Å². The number of thioether (sulfide) groups is 1. The van der Waals surface area contributed by atoms with Crippen molar-refractivity contribution in [2.24, 2.45) is 5.92 Å². The quantitative estimate of drug-likeness (QED) is 0.814. The first-order chi connectivity index (χ1) is 8.17. The van der Waals surface area contributed by atoms with Crippen LogP contribution in [0.25, 0.3) is 0 Å². The van der Waals surface area contributed by atoms with Gasteiger partial charge in [0.1, 0.15) is 0 Å². The third-order valence-electron chi connectivity index (χ3n) is 2.45. The van der Waals surface area contributed by atoms with Crippen LogP contribution in [0.4, 0.5) is 0 Å². The van der Waals surface area contributed by atoms with E-state index in [1.165, 1.54) is 5.56 Å². The van der Waals surface area contributed by atoms with Crippen LogP contribution in [0, 0.1) is 5.92 Å². The lowest BCUT2D eigenvalue weighted by Crippen LogP contribution is -2.29. The average Bonchev–Trinajstić information content (AvgIpc) is 2.36. The van der Waals surface area contributed by atoms with Crippen LogP contribution < -0.4 is 5.32 Å². The summed E-state index contributed by atoms with van der Waals surface area (Å²) in [5, 5.41) is 11.7. The van der Waals surface area contributed by atoms with Gasteiger partial charge in [-0.2, -0.15) is 11.8 Å². The van der Waals surface area contributed by atoms with Crippen molar-refractivity contribution in [2.45, 2.75) is 12.7 Å². The van der Waals surface area contributed by atoms with Crippen LogP contribution in [-0.2, 0) is 5.75 Å². The van der Waals surface area contributed by atoms with Gasteiger partial charge in [0.05, 0.1) is 0 Å². The van der Waals surface area contributed by atoms with Gasteiger partial charge in [-0.15, -0.1) is 0 Å². The van der Waals surface area contributed by atoms with E-state index in [2.05, 4.69) is 11.6 Å². The SMILES string of the molecule is CSCc1ccc(C(=O)NCC(C)CO)cc1. The normalized spacial score (nSPS) is 12.2. The van der Waals surface area contributed by atoms with E-state index < -0.39 is 0 Å². The van der Waals surface area contributed by atoms with Crippen LogP contribution in [0.2, 0.25) is 0 Å². The zero-order valence-electron chi connectivity index (χ0n) is 10.3. The summed E-state index contributed by atoms with van der Waals surface area (Å²) in [7, 11) is 0. The van der Waals surface area contributed by atoms with Crippen LogP contribution in [0.5, 0.6) is 0 Å². The van der Waals surface area contributed by atoms with Gasteiger partial charge in [-0.25, -0.2) is 0 Å². The van der Waals surface area contributed by atoms with Gasteiger partial charge in [0.25, 0.3) is 5.91 Å². The number of carbonyl (C=O) groups is 1. The molecule has 0 heterocycles. The maximum Gasteiger partial charge on any atom is 0.251 e. The van der Waals surface area contributed by atoms with E-state index in [4.69, 9.17) is 5.11 Å². The Kier molecular flexibility index (Phi) is 6.08. The predicted octanol–water partition coefficient (Wildman–Crippen LogP) is 1.91. The van der Waals surface area contributed by atoms with E-state index in [1.54, 1.807) is 11.8 Å². The van der Waals surface area contributed by atoms with E-state index >= 15 is 0 Å². The highest BCUT2D eigenvalue weighted by Crippen LogP contribution is 2.10.